The van der Waals surface area contributed by atoms with Crippen LogP contribution in [0.3, 0.4) is 0 Å². The van der Waals surface area contributed by atoms with Crippen molar-refractivity contribution < 1.29 is 0 Å². The number of hydrogen-bond acceptors (Lipinski definition) is 1. The van der Waals surface area contributed by atoms with Gasteiger partial charge in [0.15, 0.2) is 0 Å². The topological polar surface area (TPSA) is 19.0 Å². The van der Waals surface area contributed by atoms with Gasteiger partial charge in [-0.2, -0.15) is 0 Å². The molecule has 1 N–H and O–H groups in total. The van der Waals surface area contributed by atoms with E-state index in [1.54, 1.807) is 0 Å². The van der Waals surface area contributed by atoms with Gasteiger partial charge in [-0.3, -0.25) is 0 Å². The van der Waals surface area contributed by atoms with Crippen LogP contribution in [0.5, 0.6) is 0 Å². The quantitative estimate of drug-likeness (QED) is 0.310. The maximum Gasteiger partial charge on any atom is 0.0534 e. The van der Waals surface area contributed by atoms with Crippen molar-refractivity contribution in [2.45, 2.75) is 0 Å². The Morgan fingerprint density at radius 3 is 2.31 bits per heavy atom. The van der Waals surface area contributed by atoms with Gasteiger partial charge < -0.3 is 9.88 Å². The van der Waals surface area contributed by atoms with Gasteiger partial charge in [-0.1, -0.05) is 67.3 Å². The van der Waals surface area contributed by atoms with Crippen LogP contribution in [-0.4, -0.2) is 4.98 Å². The van der Waals surface area contributed by atoms with Crippen LogP contribution in [0.25, 0.3) is 38.5 Å². The predicted molar refractivity (Wildman–Crippen MR) is 137 cm³/mol. The summed E-state index contributed by atoms with van der Waals surface area (Å²) in [7, 11) is 0. The first-order valence-corrected chi connectivity index (χ1v) is 10.8. The average molecular weight is 411 g/mol. The zero-order valence-electron chi connectivity index (χ0n) is 17.6. The van der Waals surface area contributed by atoms with Crippen LogP contribution in [0.2, 0.25) is 0 Å². The largest absolute Gasteiger partial charge is 0.355 e. The van der Waals surface area contributed by atoms with Crippen molar-refractivity contribution in [2.24, 2.45) is 0 Å². The maximum atomic E-state index is 4.35. The van der Waals surface area contributed by atoms with Crippen molar-refractivity contribution in [2.75, 3.05) is 4.90 Å². The molecule has 0 aliphatic carbocycles. The maximum absolute atomic E-state index is 4.35. The number of aromatic amines is 1. The molecule has 0 atom stereocenters. The molecule has 6 rings (SSSR count). The van der Waals surface area contributed by atoms with E-state index in [2.05, 4.69) is 120 Å². The third-order valence-electron chi connectivity index (χ3n) is 6.12. The predicted octanol–water partition coefficient (Wildman–Crippen LogP) is 8.22. The molecule has 1 aliphatic heterocycles. The minimum absolute atomic E-state index is 1.00. The molecular weight excluding hydrogens is 388 g/mol. The Balaban J connectivity index is 1.51. The molecule has 1 aliphatic rings. The van der Waals surface area contributed by atoms with Crippen molar-refractivity contribution in [3.05, 3.63) is 128 Å². The standard InChI is InChI=1S/C30H22N2/c1-21-9-7-8-18-32(24-10-3-2-4-11-24)30-17-15-23(19-26(21)30)22-14-16-29-27(20-22)25-12-5-6-13-28(25)31-29/h2-20,31H,1H2/b9-7-,18-8-. The summed E-state index contributed by atoms with van der Waals surface area (Å²) in [6.45, 7) is 4.35. The summed E-state index contributed by atoms with van der Waals surface area (Å²) in [5.41, 5.74) is 9.09. The number of anilines is 2. The Hall–Kier alpha value is -4.30. The lowest BCUT2D eigenvalue weighted by molar-refractivity contribution is 1.27. The van der Waals surface area contributed by atoms with Gasteiger partial charge in [0.1, 0.15) is 0 Å². The van der Waals surface area contributed by atoms with Crippen LogP contribution in [0.4, 0.5) is 11.4 Å². The zero-order chi connectivity index (χ0) is 21.5. The first-order valence-electron chi connectivity index (χ1n) is 10.8. The van der Waals surface area contributed by atoms with Gasteiger partial charge in [-0.05, 0) is 65.2 Å². The first-order chi connectivity index (χ1) is 15.8. The minimum atomic E-state index is 1.00. The Morgan fingerprint density at radius 2 is 1.41 bits per heavy atom. The second-order valence-corrected chi connectivity index (χ2v) is 8.09. The molecule has 0 radical (unpaired) electrons. The molecule has 2 nitrogen and oxygen atoms in total. The summed E-state index contributed by atoms with van der Waals surface area (Å²) in [6, 6.07) is 32.2. The normalized spacial score (nSPS) is 15.4. The summed E-state index contributed by atoms with van der Waals surface area (Å²) >= 11 is 0. The molecule has 0 spiro atoms. The lowest BCUT2D eigenvalue weighted by Crippen LogP contribution is -2.11. The average Bonchev–Trinajstić information content (AvgIpc) is 3.21. The molecule has 0 amide bonds. The molecule has 1 aromatic heterocycles. The van der Waals surface area contributed by atoms with Crippen molar-refractivity contribution in [1.82, 2.24) is 4.98 Å². The molecule has 2 heterocycles. The van der Waals surface area contributed by atoms with E-state index in [-0.39, 0.29) is 0 Å². The molecule has 152 valence electrons. The molecule has 0 saturated carbocycles. The Labute approximate surface area is 187 Å². The van der Waals surface area contributed by atoms with E-state index in [0.29, 0.717) is 0 Å². The van der Waals surface area contributed by atoms with Gasteiger partial charge in [-0.15, -0.1) is 0 Å². The van der Waals surface area contributed by atoms with E-state index >= 15 is 0 Å². The third-order valence-corrected chi connectivity index (χ3v) is 6.12. The lowest BCUT2D eigenvalue weighted by atomic mass is 9.95. The monoisotopic (exact) mass is 410 g/mol. The van der Waals surface area contributed by atoms with Crippen molar-refractivity contribution in [3.8, 4) is 11.1 Å². The van der Waals surface area contributed by atoms with Crippen LogP contribution >= 0.6 is 0 Å². The molecule has 0 fully saturated rings. The Morgan fingerprint density at radius 1 is 0.656 bits per heavy atom. The van der Waals surface area contributed by atoms with E-state index in [1.807, 2.05) is 12.1 Å². The van der Waals surface area contributed by atoms with E-state index in [1.165, 1.54) is 27.4 Å². The Kier molecular flexibility index (Phi) is 4.29. The van der Waals surface area contributed by atoms with Crippen molar-refractivity contribution in [1.29, 1.82) is 0 Å². The van der Waals surface area contributed by atoms with Gasteiger partial charge in [0.2, 0.25) is 0 Å². The van der Waals surface area contributed by atoms with Gasteiger partial charge in [0.25, 0.3) is 0 Å². The van der Waals surface area contributed by atoms with Crippen LogP contribution in [0, 0.1) is 0 Å². The third kappa shape index (κ3) is 3.05. The van der Waals surface area contributed by atoms with Crippen molar-refractivity contribution in [3.63, 3.8) is 0 Å². The summed E-state index contributed by atoms with van der Waals surface area (Å²) in [5, 5.41) is 2.50. The van der Waals surface area contributed by atoms with E-state index < -0.39 is 0 Å². The van der Waals surface area contributed by atoms with Crippen LogP contribution in [-0.2, 0) is 0 Å². The summed E-state index contributed by atoms with van der Waals surface area (Å²) in [6.07, 6.45) is 8.28. The lowest BCUT2D eigenvalue weighted by Gasteiger charge is -2.25. The number of hydrogen-bond donors (Lipinski definition) is 1. The van der Waals surface area contributed by atoms with E-state index in [9.17, 15) is 0 Å². The fourth-order valence-electron chi connectivity index (χ4n) is 4.50. The van der Waals surface area contributed by atoms with Gasteiger partial charge in [-0.25, -0.2) is 0 Å². The van der Waals surface area contributed by atoms with Gasteiger partial charge in [0.05, 0.1) is 5.69 Å². The fourth-order valence-corrected chi connectivity index (χ4v) is 4.50. The second kappa shape index (κ2) is 7.44. The first kappa shape index (κ1) is 18.5. The van der Waals surface area contributed by atoms with Gasteiger partial charge in [0, 0.05) is 39.3 Å². The van der Waals surface area contributed by atoms with Crippen LogP contribution in [0.1, 0.15) is 5.56 Å². The number of nitrogens with one attached hydrogen (secondary N) is 1. The number of aromatic nitrogens is 1. The highest BCUT2D eigenvalue weighted by atomic mass is 15.1. The molecule has 0 saturated heterocycles. The summed E-state index contributed by atoms with van der Waals surface area (Å²) in [5.74, 6) is 0. The number of para-hydroxylation sites is 2. The second-order valence-electron chi connectivity index (χ2n) is 8.09. The number of rotatable bonds is 2. The fraction of sp³-hybridized carbons (Fsp3) is 0. The number of H-pyrrole nitrogens is 1. The number of nitrogens with zero attached hydrogens (tertiary/aromatic N) is 1. The number of allylic oxidation sites excluding steroid dienone is 4. The molecule has 4 aromatic carbocycles. The van der Waals surface area contributed by atoms with E-state index in [0.717, 1.165) is 28.0 Å². The number of benzene rings is 4. The van der Waals surface area contributed by atoms with Crippen molar-refractivity contribution >= 4 is 38.8 Å². The molecule has 5 aromatic rings. The van der Waals surface area contributed by atoms with Gasteiger partial charge >= 0.3 is 0 Å². The summed E-state index contributed by atoms with van der Waals surface area (Å²) in [4.78, 5) is 5.73. The smallest absolute Gasteiger partial charge is 0.0534 e. The minimum Gasteiger partial charge on any atom is -0.355 e. The van der Waals surface area contributed by atoms with E-state index in [4.69, 9.17) is 0 Å². The summed E-state index contributed by atoms with van der Waals surface area (Å²) < 4.78 is 0. The Bertz CT molecular complexity index is 1530. The SMILES string of the molecule is C=C1/C=C\C=C/N(c2ccccc2)c2ccc(-c3ccc4[nH]c5ccccc5c4c3)cc21. The zero-order valence-corrected chi connectivity index (χ0v) is 17.6. The molecule has 0 bridgehead atoms. The van der Waals surface area contributed by atoms with Crippen LogP contribution in [0.15, 0.2) is 122 Å². The molecule has 32 heavy (non-hydrogen) atoms. The highest BCUT2D eigenvalue weighted by Gasteiger charge is 2.15. The highest BCUT2D eigenvalue weighted by Crippen LogP contribution is 2.38. The molecule has 2 heteroatoms. The van der Waals surface area contributed by atoms with Crippen LogP contribution < -0.4 is 4.90 Å². The highest BCUT2D eigenvalue weighted by molar-refractivity contribution is 6.08. The molecule has 0 unspecified atom stereocenters. The number of fused-ring (bicyclic) bond motifs is 4. The molecular formula is C30H22N2.